The lowest BCUT2D eigenvalue weighted by atomic mass is 10.2. The Kier molecular flexibility index (Phi) is 5.86. The highest BCUT2D eigenvalue weighted by Crippen LogP contribution is 2.17. The van der Waals surface area contributed by atoms with E-state index in [1.807, 2.05) is 20.0 Å². The van der Waals surface area contributed by atoms with Crippen LogP contribution in [0.5, 0.6) is 0 Å². The highest BCUT2D eigenvalue weighted by Gasteiger charge is 2.25. The SMILES string of the molecule is Cc1cc(NC(=O)CN(C[C@@H]2CCCO2)C[C@@H]2CCCO2)n(C)n1. The molecule has 1 amide bonds. The molecule has 0 unspecified atom stereocenters. The molecule has 7 heteroatoms. The van der Waals surface area contributed by atoms with Gasteiger partial charge in [0.2, 0.25) is 5.91 Å². The normalized spacial score (nSPS) is 24.0. The van der Waals surface area contributed by atoms with E-state index in [0.717, 1.165) is 63.5 Å². The molecule has 0 spiro atoms. The number of rotatable bonds is 7. The van der Waals surface area contributed by atoms with E-state index in [2.05, 4.69) is 15.3 Å². The fraction of sp³-hybridized carbons (Fsp3) is 0.765. The first-order valence-corrected chi connectivity index (χ1v) is 8.86. The second-order valence-electron chi connectivity index (χ2n) is 6.81. The molecule has 2 saturated heterocycles. The zero-order valence-electron chi connectivity index (χ0n) is 14.7. The monoisotopic (exact) mass is 336 g/mol. The van der Waals surface area contributed by atoms with Gasteiger partial charge in [-0.2, -0.15) is 5.10 Å². The van der Waals surface area contributed by atoms with Crippen LogP contribution in [0.2, 0.25) is 0 Å². The first-order chi connectivity index (χ1) is 11.6. The largest absolute Gasteiger partial charge is 0.377 e. The fourth-order valence-corrected chi connectivity index (χ4v) is 3.47. The lowest BCUT2D eigenvalue weighted by Gasteiger charge is -2.27. The number of aryl methyl sites for hydroxylation is 2. The van der Waals surface area contributed by atoms with Crippen LogP contribution in [0.3, 0.4) is 0 Å². The van der Waals surface area contributed by atoms with Gasteiger partial charge in [0, 0.05) is 39.4 Å². The second-order valence-corrected chi connectivity index (χ2v) is 6.81. The third kappa shape index (κ3) is 4.78. The lowest BCUT2D eigenvalue weighted by Crippen LogP contribution is -2.42. The Morgan fingerprint density at radius 1 is 1.29 bits per heavy atom. The van der Waals surface area contributed by atoms with E-state index in [-0.39, 0.29) is 18.1 Å². The molecule has 7 nitrogen and oxygen atoms in total. The van der Waals surface area contributed by atoms with E-state index in [0.29, 0.717) is 6.54 Å². The molecule has 3 rings (SSSR count). The molecule has 1 aromatic rings. The summed E-state index contributed by atoms with van der Waals surface area (Å²) < 4.78 is 13.2. The number of carbonyl (C=O) groups is 1. The van der Waals surface area contributed by atoms with Crippen molar-refractivity contribution in [1.29, 1.82) is 0 Å². The van der Waals surface area contributed by atoms with E-state index in [1.54, 1.807) is 4.68 Å². The Labute approximate surface area is 143 Å². The van der Waals surface area contributed by atoms with Crippen LogP contribution in [-0.4, -0.2) is 65.6 Å². The van der Waals surface area contributed by atoms with Gasteiger partial charge in [0.1, 0.15) is 5.82 Å². The van der Waals surface area contributed by atoms with E-state index in [1.165, 1.54) is 0 Å². The van der Waals surface area contributed by atoms with Crippen molar-refractivity contribution in [1.82, 2.24) is 14.7 Å². The van der Waals surface area contributed by atoms with Gasteiger partial charge in [-0.15, -0.1) is 0 Å². The molecule has 0 saturated carbocycles. The third-order valence-corrected chi connectivity index (χ3v) is 4.61. The van der Waals surface area contributed by atoms with Gasteiger partial charge in [-0.25, -0.2) is 0 Å². The Morgan fingerprint density at radius 2 is 1.92 bits per heavy atom. The van der Waals surface area contributed by atoms with Crippen LogP contribution in [0.4, 0.5) is 5.82 Å². The van der Waals surface area contributed by atoms with Crippen molar-refractivity contribution in [3.63, 3.8) is 0 Å². The smallest absolute Gasteiger partial charge is 0.239 e. The van der Waals surface area contributed by atoms with Gasteiger partial charge < -0.3 is 14.8 Å². The molecule has 1 aromatic heterocycles. The summed E-state index contributed by atoms with van der Waals surface area (Å²) >= 11 is 0. The summed E-state index contributed by atoms with van der Waals surface area (Å²) in [5, 5.41) is 7.21. The standard InChI is InChI=1S/C17H28N4O3/c1-13-9-16(20(2)19-13)18-17(22)12-21(10-14-5-3-7-23-14)11-15-6-4-8-24-15/h9,14-15H,3-8,10-12H2,1-2H3,(H,18,22)/t14-,15-/m0/s1. The van der Waals surface area contributed by atoms with E-state index in [9.17, 15) is 4.79 Å². The van der Waals surface area contributed by atoms with Crippen molar-refractivity contribution in [2.45, 2.75) is 44.8 Å². The summed E-state index contributed by atoms with van der Waals surface area (Å²) in [4.78, 5) is 14.6. The zero-order chi connectivity index (χ0) is 16.9. The van der Waals surface area contributed by atoms with Crippen LogP contribution in [0, 0.1) is 6.92 Å². The summed E-state index contributed by atoms with van der Waals surface area (Å²) in [6.45, 7) is 5.51. The minimum Gasteiger partial charge on any atom is -0.377 e. The molecule has 3 heterocycles. The number of anilines is 1. The predicted octanol–water partition coefficient (Wildman–Crippen LogP) is 1.33. The molecule has 2 aliphatic rings. The predicted molar refractivity (Wildman–Crippen MR) is 91.0 cm³/mol. The quantitative estimate of drug-likeness (QED) is 0.813. The molecule has 2 aliphatic heterocycles. The Morgan fingerprint density at radius 3 is 2.38 bits per heavy atom. The zero-order valence-corrected chi connectivity index (χ0v) is 14.7. The Balaban J connectivity index is 1.56. The summed E-state index contributed by atoms with van der Waals surface area (Å²) in [7, 11) is 1.83. The number of hydrogen-bond acceptors (Lipinski definition) is 5. The Bertz CT molecular complexity index is 530. The molecule has 2 atom stereocenters. The second kappa shape index (κ2) is 8.09. The highest BCUT2D eigenvalue weighted by molar-refractivity contribution is 5.91. The average molecular weight is 336 g/mol. The van der Waals surface area contributed by atoms with Crippen LogP contribution < -0.4 is 5.32 Å². The molecule has 0 aromatic carbocycles. The van der Waals surface area contributed by atoms with Gasteiger partial charge in [0.05, 0.1) is 24.4 Å². The van der Waals surface area contributed by atoms with Crippen LogP contribution >= 0.6 is 0 Å². The number of nitrogens with zero attached hydrogens (tertiary/aromatic N) is 3. The van der Waals surface area contributed by atoms with Crippen molar-refractivity contribution >= 4 is 11.7 Å². The molecule has 1 N–H and O–H groups in total. The number of ether oxygens (including phenoxy) is 2. The fourth-order valence-electron chi connectivity index (χ4n) is 3.47. The maximum absolute atomic E-state index is 12.5. The van der Waals surface area contributed by atoms with E-state index >= 15 is 0 Å². The van der Waals surface area contributed by atoms with Crippen LogP contribution in [-0.2, 0) is 21.3 Å². The highest BCUT2D eigenvalue weighted by atomic mass is 16.5. The molecule has 24 heavy (non-hydrogen) atoms. The van der Waals surface area contributed by atoms with Gasteiger partial charge in [-0.3, -0.25) is 14.4 Å². The van der Waals surface area contributed by atoms with Crippen molar-refractivity contribution in [2.24, 2.45) is 7.05 Å². The lowest BCUT2D eigenvalue weighted by molar-refractivity contribution is -0.118. The summed E-state index contributed by atoms with van der Waals surface area (Å²) in [6, 6.07) is 1.88. The van der Waals surface area contributed by atoms with Crippen molar-refractivity contribution in [3.05, 3.63) is 11.8 Å². The Hall–Kier alpha value is -1.44. The van der Waals surface area contributed by atoms with Crippen LogP contribution in [0.15, 0.2) is 6.07 Å². The number of carbonyl (C=O) groups excluding carboxylic acids is 1. The van der Waals surface area contributed by atoms with Gasteiger partial charge in [0.25, 0.3) is 0 Å². The van der Waals surface area contributed by atoms with Crippen LogP contribution in [0.1, 0.15) is 31.4 Å². The van der Waals surface area contributed by atoms with Gasteiger partial charge >= 0.3 is 0 Å². The maximum Gasteiger partial charge on any atom is 0.239 e. The first kappa shape index (κ1) is 17.4. The number of hydrogen-bond donors (Lipinski definition) is 1. The molecule has 0 aliphatic carbocycles. The summed E-state index contributed by atoms with van der Waals surface area (Å²) in [5.74, 6) is 0.709. The topological polar surface area (TPSA) is 68.6 Å². The van der Waals surface area contributed by atoms with Crippen LogP contribution in [0.25, 0.3) is 0 Å². The minimum absolute atomic E-state index is 0.0195. The van der Waals surface area contributed by atoms with Gasteiger partial charge in [0.15, 0.2) is 0 Å². The number of aromatic nitrogens is 2. The minimum atomic E-state index is -0.0195. The van der Waals surface area contributed by atoms with Crippen molar-refractivity contribution < 1.29 is 14.3 Å². The third-order valence-electron chi connectivity index (χ3n) is 4.61. The number of nitrogens with one attached hydrogen (secondary N) is 1. The van der Waals surface area contributed by atoms with E-state index in [4.69, 9.17) is 9.47 Å². The number of amides is 1. The summed E-state index contributed by atoms with van der Waals surface area (Å²) in [5.41, 5.74) is 0.892. The molecule has 0 bridgehead atoms. The molecule has 134 valence electrons. The molecular weight excluding hydrogens is 308 g/mol. The first-order valence-electron chi connectivity index (χ1n) is 8.86. The molecule has 0 radical (unpaired) electrons. The maximum atomic E-state index is 12.5. The summed E-state index contributed by atoms with van der Waals surface area (Å²) in [6.07, 6.45) is 4.84. The van der Waals surface area contributed by atoms with Crippen molar-refractivity contribution in [3.8, 4) is 0 Å². The van der Waals surface area contributed by atoms with Gasteiger partial charge in [-0.05, 0) is 32.6 Å². The molecule has 2 fully saturated rings. The van der Waals surface area contributed by atoms with Gasteiger partial charge in [-0.1, -0.05) is 0 Å². The molecular formula is C17H28N4O3. The van der Waals surface area contributed by atoms with Crippen molar-refractivity contribution in [2.75, 3.05) is 38.2 Å². The van der Waals surface area contributed by atoms with E-state index < -0.39 is 0 Å². The average Bonchev–Trinajstić information content (AvgIpc) is 3.24.